The van der Waals surface area contributed by atoms with Crippen LogP contribution in [0.5, 0.6) is 0 Å². The van der Waals surface area contributed by atoms with Crippen molar-refractivity contribution >= 4 is 22.5 Å². The summed E-state index contributed by atoms with van der Waals surface area (Å²) in [5.74, 6) is 0.0130. The van der Waals surface area contributed by atoms with Gasteiger partial charge in [0.1, 0.15) is 0 Å². The second kappa shape index (κ2) is 6.00. The number of fused-ring (bicyclic) bond motifs is 2. The number of benzene rings is 2. The topological polar surface area (TPSA) is 83.8 Å². The van der Waals surface area contributed by atoms with E-state index in [9.17, 15) is 4.79 Å². The minimum Gasteiger partial charge on any atom is -0.399 e. The zero-order valence-electron chi connectivity index (χ0n) is 13.4. The smallest absolute Gasteiger partial charge is 0.226 e. The quantitative estimate of drug-likeness (QED) is 0.649. The third-order valence-electron chi connectivity index (χ3n) is 4.69. The Kier molecular flexibility index (Phi) is 3.69. The third kappa shape index (κ3) is 2.73. The Labute approximate surface area is 140 Å². The Morgan fingerprint density at radius 2 is 2.17 bits per heavy atom. The van der Waals surface area contributed by atoms with Gasteiger partial charge in [-0.15, -0.1) is 0 Å². The van der Waals surface area contributed by atoms with E-state index in [1.54, 1.807) is 0 Å². The average molecular weight is 320 g/mol. The number of aryl methyl sites for hydroxylation is 1. The lowest BCUT2D eigenvalue weighted by molar-refractivity contribution is -0.121. The van der Waals surface area contributed by atoms with Crippen LogP contribution < -0.4 is 11.1 Å². The molecule has 1 aromatic heterocycles. The van der Waals surface area contributed by atoms with Gasteiger partial charge in [0.25, 0.3) is 0 Å². The molecule has 0 saturated heterocycles. The van der Waals surface area contributed by atoms with Gasteiger partial charge in [-0.3, -0.25) is 9.89 Å². The number of hydrogen-bond donors (Lipinski definition) is 3. The SMILES string of the molecule is Nc1ccc2c(c1)CCCC2NC(=O)Cc1[nH]nc2ccccc12. The molecule has 1 amide bonds. The monoisotopic (exact) mass is 320 g/mol. The standard InChI is InChI=1S/C19H20N4O/c20-13-8-9-14-12(10-13)4-3-7-16(14)21-19(24)11-18-15-5-1-2-6-17(15)22-23-18/h1-2,5-6,8-10,16H,3-4,7,11,20H2,(H,21,24)(H,22,23). The first-order valence-corrected chi connectivity index (χ1v) is 8.30. The second-order valence-corrected chi connectivity index (χ2v) is 6.37. The summed E-state index contributed by atoms with van der Waals surface area (Å²) in [7, 11) is 0. The van der Waals surface area contributed by atoms with Crippen LogP contribution in [-0.4, -0.2) is 16.1 Å². The van der Waals surface area contributed by atoms with Crippen molar-refractivity contribution in [2.24, 2.45) is 0 Å². The number of anilines is 1. The zero-order chi connectivity index (χ0) is 16.5. The van der Waals surface area contributed by atoms with E-state index in [0.29, 0.717) is 6.42 Å². The minimum atomic E-state index is 0.0130. The number of carbonyl (C=O) groups is 1. The first-order valence-electron chi connectivity index (χ1n) is 8.30. The van der Waals surface area contributed by atoms with Gasteiger partial charge in [-0.25, -0.2) is 0 Å². The Balaban J connectivity index is 1.51. The Morgan fingerprint density at radius 1 is 1.29 bits per heavy atom. The zero-order valence-corrected chi connectivity index (χ0v) is 13.4. The molecule has 1 heterocycles. The molecule has 2 aromatic carbocycles. The number of nitrogen functional groups attached to an aromatic ring is 1. The summed E-state index contributed by atoms with van der Waals surface area (Å²) in [5.41, 5.74) is 10.8. The van der Waals surface area contributed by atoms with E-state index < -0.39 is 0 Å². The first kappa shape index (κ1) is 14.8. The van der Waals surface area contributed by atoms with Crippen molar-refractivity contribution in [3.63, 3.8) is 0 Å². The highest BCUT2D eigenvalue weighted by Gasteiger charge is 2.22. The van der Waals surface area contributed by atoms with Crippen LogP contribution in [0.25, 0.3) is 10.9 Å². The molecule has 5 nitrogen and oxygen atoms in total. The highest BCUT2D eigenvalue weighted by Crippen LogP contribution is 2.31. The number of carbonyl (C=O) groups excluding carboxylic acids is 1. The lowest BCUT2D eigenvalue weighted by Gasteiger charge is -2.26. The molecule has 0 aliphatic heterocycles. The molecule has 0 radical (unpaired) electrons. The molecule has 0 fully saturated rings. The van der Waals surface area contributed by atoms with E-state index in [1.165, 1.54) is 11.1 Å². The van der Waals surface area contributed by atoms with Crippen LogP contribution in [0.15, 0.2) is 42.5 Å². The van der Waals surface area contributed by atoms with Crippen molar-refractivity contribution in [3.8, 4) is 0 Å². The number of nitrogens with zero attached hydrogens (tertiary/aromatic N) is 1. The van der Waals surface area contributed by atoms with E-state index in [2.05, 4.69) is 15.5 Å². The van der Waals surface area contributed by atoms with Gasteiger partial charge in [0, 0.05) is 11.1 Å². The predicted molar refractivity (Wildman–Crippen MR) is 94.5 cm³/mol. The van der Waals surface area contributed by atoms with Crippen molar-refractivity contribution in [3.05, 3.63) is 59.3 Å². The van der Waals surface area contributed by atoms with Crippen molar-refractivity contribution in [1.29, 1.82) is 0 Å². The first-order chi connectivity index (χ1) is 11.7. The number of nitrogens with one attached hydrogen (secondary N) is 2. The fourth-order valence-corrected chi connectivity index (χ4v) is 3.54. The maximum atomic E-state index is 12.5. The van der Waals surface area contributed by atoms with Gasteiger partial charge in [0.05, 0.1) is 23.7 Å². The van der Waals surface area contributed by atoms with Gasteiger partial charge in [-0.1, -0.05) is 24.3 Å². The fourth-order valence-electron chi connectivity index (χ4n) is 3.54. The summed E-state index contributed by atoms with van der Waals surface area (Å²) in [6.45, 7) is 0. The normalized spacial score (nSPS) is 16.8. The maximum absolute atomic E-state index is 12.5. The number of rotatable bonds is 3. The number of aromatic amines is 1. The van der Waals surface area contributed by atoms with Gasteiger partial charge in [0.2, 0.25) is 5.91 Å². The molecule has 4 rings (SSSR count). The molecule has 0 spiro atoms. The number of para-hydroxylation sites is 1. The maximum Gasteiger partial charge on any atom is 0.226 e. The minimum absolute atomic E-state index is 0.0130. The number of H-pyrrole nitrogens is 1. The summed E-state index contributed by atoms with van der Waals surface area (Å²) in [6.07, 6.45) is 3.36. The van der Waals surface area contributed by atoms with Crippen LogP contribution in [0.1, 0.15) is 35.7 Å². The largest absolute Gasteiger partial charge is 0.399 e. The molecule has 0 saturated carbocycles. The highest BCUT2D eigenvalue weighted by molar-refractivity contribution is 5.87. The van der Waals surface area contributed by atoms with E-state index in [1.807, 2.05) is 42.5 Å². The number of nitrogens with two attached hydrogens (primary N) is 1. The van der Waals surface area contributed by atoms with E-state index in [-0.39, 0.29) is 11.9 Å². The highest BCUT2D eigenvalue weighted by atomic mass is 16.1. The van der Waals surface area contributed by atoms with Crippen LogP contribution in [-0.2, 0) is 17.6 Å². The second-order valence-electron chi connectivity index (χ2n) is 6.37. The Morgan fingerprint density at radius 3 is 3.08 bits per heavy atom. The van der Waals surface area contributed by atoms with Gasteiger partial charge in [-0.05, 0) is 48.6 Å². The van der Waals surface area contributed by atoms with Crippen molar-refractivity contribution in [2.45, 2.75) is 31.7 Å². The Bertz CT molecular complexity index is 899. The van der Waals surface area contributed by atoms with Gasteiger partial charge >= 0.3 is 0 Å². The third-order valence-corrected chi connectivity index (χ3v) is 4.69. The molecular weight excluding hydrogens is 300 g/mol. The summed E-state index contributed by atoms with van der Waals surface area (Å²) in [5, 5.41) is 11.4. The van der Waals surface area contributed by atoms with E-state index in [4.69, 9.17) is 5.73 Å². The van der Waals surface area contributed by atoms with Crippen molar-refractivity contribution in [1.82, 2.24) is 15.5 Å². The lowest BCUT2D eigenvalue weighted by atomic mass is 9.87. The van der Waals surface area contributed by atoms with E-state index in [0.717, 1.165) is 41.5 Å². The molecule has 3 aromatic rings. The van der Waals surface area contributed by atoms with Gasteiger partial charge in [0.15, 0.2) is 0 Å². The molecule has 5 heteroatoms. The number of amides is 1. The number of hydrogen-bond acceptors (Lipinski definition) is 3. The van der Waals surface area contributed by atoms with Crippen molar-refractivity contribution < 1.29 is 4.79 Å². The molecule has 24 heavy (non-hydrogen) atoms. The van der Waals surface area contributed by atoms with E-state index >= 15 is 0 Å². The molecule has 1 aliphatic carbocycles. The summed E-state index contributed by atoms with van der Waals surface area (Å²) < 4.78 is 0. The summed E-state index contributed by atoms with van der Waals surface area (Å²) >= 11 is 0. The van der Waals surface area contributed by atoms with Crippen LogP contribution in [0.2, 0.25) is 0 Å². The summed E-state index contributed by atoms with van der Waals surface area (Å²) in [4.78, 5) is 12.5. The molecule has 122 valence electrons. The Hall–Kier alpha value is -2.82. The lowest BCUT2D eigenvalue weighted by Crippen LogP contribution is -2.32. The summed E-state index contributed by atoms with van der Waals surface area (Å²) in [6, 6.07) is 13.9. The molecule has 1 atom stereocenters. The average Bonchev–Trinajstić information content (AvgIpc) is 2.98. The molecule has 1 aliphatic rings. The molecule has 0 bridgehead atoms. The van der Waals surface area contributed by atoms with Crippen LogP contribution in [0.3, 0.4) is 0 Å². The van der Waals surface area contributed by atoms with Gasteiger partial charge in [-0.2, -0.15) is 5.10 Å². The predicted octanol–water partition coefficient (Wildman–Crippen LogP) is 2.88. The fraction of sp³-hybridized carbons (Fsp3) is 0.263. The van der Waals surface area contributed by atoms with Gasteiger partial charge < -0.3 is 11.1 Å². The van der Waals surface area contributed by atoms with Crippen LogP contribution >= 0.6 is 0 Å². The van der Waals surface area contributed by atoms with Crippen LogP contribution in [0.4, 0.5) is 5.69 Å². The molecule has 4 N–H and O–H groups in total. The number of aromatic nitrogens is 2. The molecular formula is C19H20N4O. The molecule has 1 unspecified atom stereocenters. The van der Waals surface area contributed by atoms with Crippen molar-refractivity contribution in [2.75, 3.05) is 5.73 Å². The van der Waals surface area contributed by atoms with Crippen LogP contribution in [0, 0.1) is 0 Å².